The van der Waals surface area contributed by atoms with Crippen molar-refractivity contribution in [2.24, 2.45) is 5.73 Å². The molecule has 0 aromatic rings. The fourth-order valence-corrected chi connectivity index (χ4v) is 3.36. The van der Waals surface area contributed by atoms with Crippen molar-refractivity contribution < 1.29 is 8.42 Å². The third-order valence-electron chi connectivity index (χ3n) is 2.73. The molecule has 0 aliphatic carbocycles. The maximum Gasteiger partial charge on any atom is 0.150 e. The lowest BCUT2D eigenvalue weighted by molar-refractivity contribution is 0.309. The zero-order valence-electron chi connectivity index (χ0n) is 8.04. The normalized spacial score (nSPS) is 25.7. The molecular formula is C8H18N2O2S. The fraction of sp³-hybridized carbons (Fsp3) is 1.00. The van der Waals surface area contributed by atoms with Crippen LogP contribution in [0.15, 0.2) is 0 Å². The van der Waals surface area contributed by atoms with Crippen LogP contribution in [0.3, 0.4) is 0 Å². The molecule has 0 aromatic heterocycles. The summed E-state index contributed by atoms with van der Waals surface area (Å²) < 4.78 is 22.4. The van der Waals surface area contributed by atoms with Gasteiger partial charge in [-0.15, -0.1) is 0 Å². The number of likely N-dealkylation sites (N-methyl/N-ethyl adjacent to an activating group) is 1. The first-order chi connectivity index (χ1) is 6.04. The van der Waals surface area contributed by atoms with Gasteiger partial charge in [0, 0.05) is 12.1 Å². The van der Waals surface area contributed by atoms with Crippen molar-refractivity contribution in [1.82, 2.24) is 5.32 Å². The van der Waals surface area contributed by atoms with Crippen molar-refractivity contribution in [3.05, 3.63) is 0 Å². The summed E-state index contributed by atoms with van der Waals surface area (Å²) in [5.74, 6) is 0.550. The van der Waals surface area contributed by atoms with Crippen molar-refractivity contribution >= 4 is 9.84 Å². The number of hydrogen-bond acceptors (Lipinski definition) is 4. The summed E-state index contributed by atoms with van der Waals surface area (Å²) in [7, 11) is -2.78. The molecule has 1 aliphatic heterocycles. The number of sulfone groups is 1. The maximum absolute atomic E-state index is 11.2. The summed E-state index contributed by atoms with van der Waals surface area (Å²) in [6.45, 7) is 3.38. The average molecular weight is 206 g/mol. The Bertz CT molecular complexity index is 247. The summed E-state index contributed by atoms with van der Waals surface area (Å²) in [5.41, 5.74) is 5.53. The van der Waals surface area contributed by atoms with Gasteiger partial charge in [0.15, 0.2) is 0 Å². The van der Waals surface area contributed by atoms with Gasteiger partial charge in [0.2, 0.25) is 0 Å². The lowest BCUT2D eigenvalue weighted by Crippen LogP contribution is -2.55. The van der Waals surface area contributed by atoms with E-state index in [-0.39, 0.29) is 17.0 Å². The highest BCUT2D eigenvalue weighted by Gasteiger charge is 2.35. The van der Waals surface area contributed by atoms with Crippen LogP contribution in [0, 0.1) is 0 Å². The minimum Gasteiger partial charge on any atom is -0.329 e. The first-order valence-electron chi connectivity index (χ1n) is 4.69. The predicted octanol–water partition coefficient (Wildman–Crippen LogP) is -0.498. The molecule has 0 atom stereocenters. The molecule has 1 fully saturated rings. The number of hydrogen-bond donors (Lipinski definition) is 2. The molecule has 0 radical (unpaired) electrons. The molecule has 78 valence electrons. The van der Waals surface area contributed by atoms with Gasteiger partial charge >= 0.3 is 0 Å². The van der Waals surface area contributed by atoms with Crippen LogP contribution in [-0.2, 0) is 9.84 Å². The van der Waals surface area contributed by atoms with E-state index in [1.54, 1.807) is 0 Å². The van der Waals surface area contributed by atoms with Crippen LogP contribution in [0.5, 0.6) is 0 Å². The quantitative estimate of drug-likeness (QED) is 0.653. The Balaban J connectivity index is 2.63. The Morgan fingerprint density at radius 2 is 1.92 bits per heavy atom. The van der Waals surface area contributed by atoms with E-state index in [0.29, 0.717) is 19.4 Å². The van der Waals surface area contributed by atoms with Crippen molar-refractivity contribution in [3.8, 4) is 0 Å². The van der Waals surface area contributed by atoms with Crippen LogP contribution in [0.4, 0.5) is 0 Å². The summed E-state index contributed by atoms with van der Waals surface area (Å²) >= 11 is 0. The summed E-state index contributed by atoms with van der Waals surface area (Å²) in [6.07, 6.45) is 1.30. The maximum atomic E-state index is 11.2. The molecule has 13 heavy (non-hydrogen) atoms. The number of rotatable bonds is 3. The van der Waals surface area contributed by atoms with E-state index >= 15 is 0 Å². The SMILES string of the molecule is CCNC1(CN)CCS(=O)(=O)CC1. The topological polar surface area (TPSA) is 72.2 Å². The molecule has 1 heterocycles. The van der Waals surface area contributed by atoms with E-state index in [9.17, 15) is 8.42 Å². The van der Waals surface area contributed by atoms with Gasteiger partial charge in [-0.2, -0.15) is 0 Å². The van der Waals surface area contributed by atoms with E-state index < -0.39 is 9.84 Å². The Hall–Kier alpha value is -0.130. The van der Waals surface area contributed by atoms with E-state index in [4.69, 9.17) is 5.73 Å². The standard InChI is InChI=1S/C8H18N2O2S/c1-2-10-8(7-9)3-5-13(11,12)6-4-8/h10H,2-7,9H2,1H3. The predicted molar refractivity (Wildman–Crippen MR) is 53.3 cm³/mol. The Labute approximate surface area is 79.8 Å². The molecule has 0 spiro atoms. The fourth-order valence-electron chi connectivity index (χ4n) is 1.76. The molecule has 1 saturated heterocycles. The van der Waals surface area contributed by atoms with E-state index in [0.717, 1.165) is 6.54 Å². The first-order valence-corrected chi connectivity index (χ1v) is 6.51. The second-order valence-electron chi connectivity index (χ2n) is 3.67. The summed E-state index contributed by atoms with van der Waals surface area (Å²) in [6, 6.07) is 0. The van der Waals surface area contributed by atoms with Crippen molar-refractivity contribution in [3.63, 3.8) is 0 Å². The van der Waals surface area contributed by atoms with Gasteiger partial charge in [-0.25, -0.2) is 8.42 Å². The summed E-state index contributed by atoms with van der Waals surface area (Å²) in [4.78, 5) is 0. The largest absolute Gasteiger partial charge is 0.329 e. The molecule has 3 N–H and O–H groups in total. The zero-order chi connectivity index (χ0) is 9.95. The number of nitrogens with one attached hydrogen (secondary N) is 1. The second kappa shape index (κ2) is 3.94. The third kappa shape index (κ3) is 2.65. The highest BCUT2D eigenvalue weighted by molar-refractivity contribution is 7.91. The van der Waals surface area contributed by atoms with Crippen molar-refractivity contribution in [1.29, 1.82) is 0 Å². The van der Waals surface area contributed by atoms with Gasteiger partial charge in [-0.3, -0.25) is 0 Å². The van der Waals surface area contributed by atoms with Crippen LogP contribution in [-0.4, -0.2) is 38.6 Å². The Kier molecular flexibility index (Phi) is 3.32. The third-order valence-corrected chi connectivity index (χ3v) is 4.38. The highest BCUT2D eigenvalue weighted by Crippen LogP contribution is 2.22. The van der Waals surface area contributed by atoms with Gasteiger partial charge in [-0.1, -0.05) is 6.92 Å². The first kappa shape index (κ1) is 10.9. The molecule has 4 nitrogen and oxygen atoms in total. The minimum atomic E-state index is -2.78. The van der Waals surface area contributed by atoms with E-state index in [2.05, 4.69) is 5.32 Å². The molecule has 0 amide bonds. The van der Waals surface area contributed by atoms with E-state index in [1.165, 1.54) is 0 Å². The molecule has 5 heteroatoms. The van der Waals surface area contributed by atoms with Gasteiger partial charge in [0.05, 0.1) is 11.5 Å². The Morgan fingerprint density at radius 1 is 1.38 bits per heavy atom. The van der Waals surface area contributed by atoms with Crippen LogP contribution in [0.2, 0.25) is 0 Å². The van der Waals surface area contributed by atoms with Crippen LogP contribution in [0.1, 0.15) is 19.8 Å². The van der Waals surface area contributed by atoms with Crippen molar-refractivity contribution in [2.45, 2.75) is 25.3 Å². The molecule has 1 aliphatic rings. The summed E-state index contributed by atoms with van der Waals surface area (Å²) in [5, 5.41) is 3.30. The van der Waals surface area contributed by atoms with Gasteiger partial charge in [-0.05, 0) is 19.4 Å². The minimum absolute atomic E-state index is 0.125. The zero-order valence-corrected chi connectivity index (χ0v) is 8.86. The lowest BCUT2D eigenvalue weighted by Gasteiger charge is -2.36. The van der Waals surface area contributed by atoms with Gasteiger partial charge in [0.1, 0.15) is 9.84 Å². The molecule has 0 aromatic carbocycles. The monoisotopic (exact) mass is 206 g/mol. The number of nitrogens with two attached hydrogens (primary N) is 1. The molecule has 0 unspecified atom stereocenters. The average Bonchev–Trinajstić information content (AvgIpc) is 2.10. The Morgan fingerprint density at radius 3 is 2.31 bits per heavy atom. The van der Waals surface area contributed by atoms with Crippen molar-refractivity contribution in [2.75, 3.05) is 24.6 Å². The molecule has 1 rings (SSSR count). The molecule has 0 bridgehead atoms. The smallest absolute Gasteiger partial charge is 0.150 e. The molecule has 0 saturated carbocycles. The van der Waals surface area contributed by atoms with Crippen LogP contribution >= 0.6 is 0 Å². The second-order valence-corrected chi connectivity index (χ2v) is 5.97. The van der Waals surface area contributed by atoms with Crippen LogP contribution < -0.4 is 11.1 Å². The molecular weight excluding hydrogens is 188 g/mol. The lowest BCUT2D eigenvalue weighted by atomic mass is 9.92. The van der Waals surface area contributed by atoms with E-state index in [1.807, 2.05) is 6.92 Å². The van der Waals surface area contributed by atoms with Gasteiger partial charge in [0.25, 0.3) is 0 Å². The highest BCUT2D eigenvalue weighted by atomic mass is 32.2. The van der Waals surface area contributed by atoms with Gasteiger partial charge < -0.3 is 11.1 Å². The van der Waals surface area contributed by atoms with Crippen LogP contribution in [0.25, 0.3) is 0 Å².